The van der Waals surface area contributed by atoms with Crippen LogP contribution in [0.5, 0.6) is 5.75 Å². The Morgan fingerprint density at radius 2 is 1.48 bits per heavy atom. The van der Waals surface area contributed by atoms with Crippen LogP contribution in [0, 0.1) is 0 Å². The molecule has 0 aliphatic heterocycles. The van der Waals surface area contributed by atoms with Gasteiger partial charge in [0.1, 0.15) is 5.75 Å². The van der Waals surface area contributed by atoms with E-state index in [9.17, 15) is 13.2 Å². The summed E-state index contributed by atoms with van der Waals surface area (Å²) >= 11 is 0. The minimum absolute atomic E-state index is 0.0420. The van der Waals surface area contributed by atoms with Crippen molar-refractivity contribution >= 4 is 16.1 Å². The number of hydrogen-bond donors (Lipinski definition) is 0. The van der Waals surface area contributed by atoms with E-state index in [0.717, 1.165) is 9.87 Å². The van der Waals surface area contributed by atoms with Crippen LogP contribution in [0.1, 0.15) is 42.6 Å². The van der Waals surface area contributed by atoms with Gasteiger partial charge in [-0.15, -0.1) is 0 Å². The molecule has 6 nitrogen and oxygen atoms in total. The molecule has 0 spiro atoms. The molecule has 0 fully saturated rings. The van der Waals surface area contributed by atoms with E-state index in [-0.39, 0.29) is 6.54 Å². The quantitative estimate of drug-likeness (QED) is 0.557. The second-order valence-corrected chi connectivity index (χ2v) is 8.56. The zero-order valence-corrected chi connectivity index (χ0v) is 18.2. The Balaban J connectivity index is 2.38. The van der Waals surface area contributed by atoms with E-state index in [4.69, 9.17) is 4.74 Å². The van der Waals surface area contributed by atoms with Gasteiger partial charge in [-0.1, -0.05) is 50.2 Å². The van der Waals surface area contributed by atoms with Crippen LogP contribution in [-0.4, -0.2) is 49.7 Å². The van der Waals surface area contributed by atoms with Crippen molar-refractivity contribution in [3.63, 3.8) is 0 Å². The lowest BCUT2D eigenvalue weighted by atomic mass is 10.1. The summed E-state index contributed by atoms with van der Waals surface area (Å²) < 4.78 is 34.6. The van der Waals surface area contributed by atoms with Crippen molar-refractivity contribution in [1.29, 1.82) is 0 Å². The van der Waals surface area contributed by atoms with Crippen molar-refractivity contribution in [1.82, 2.24) is 8.61 Å². The molecule has 29 heavy (non-hydrogen) atoms. The number of amides is 1. The number of carbonyl (C=O) groups excluding carboxylic acids is 1. The second kappa shape index (κ2) is 11.0. The Labute approximate surface area is 174 Å². The summed E-state index contributed by atoms with van der Waals surface area (Å²) in [6, 6.07) is 16.0. The van der Waals surface area contributed by atoms with Crippen molar-refractivity contribution in [2.75, 3.05) is 26.7 Å². The Kier molecular flexibility index (Phi) is 8.67. The average Bonchev–Trinajstić information content (AvgIpc) is 2.74. The smallest absolute Gasteiger partial charge is 0.306 e. The lowest BCUT2D eigenvalue weighted by Crippen LogP contribution is -2.48. The molecule has 2 aromatic carbocycles. The third-order valence-electron chi connectivity index (χ3n) is 4.57. The molecule has 0 radical (unpaired) electrons. The zero-order chi connectivity index (χ0) is 21.3. The maximum atomic E-state index is 13.4. The van der Waals surface area contributed by atoms with E-state index in [2.05, 4.69) is 0 Å². The normalized spacial score (nSPS) is 11.4. The summed E-state index contributed by atoms with van der Waals surface area (Å²) in [7, 11) is -2.37. The minimum atomic E-state index is -3.95. The van der Waals surface area contributed by atoms with Gasteiger partial charge in [0, 0.05) is 25.2 Å². The Hall–Kier alpha value is -2.38. The Bertz CT molecular complexity index is 879. The van der Waals surface area contributed by atoms with Gasteiger partial charge in [0.25, 0.3) is 5.91 Å². The highest BCUT2D eigenvalue weighted by Crippen LogP contribution is 2.21. The van der Waals surface area contributed by atoms with Gasteiger partial charge in [-0.25, -0.2) is 4.31 Å². The molecule has 0 aromatic heterocycles. The zero-order valence-electron chi connectivity index (χ0n) is 17.4. The summed E-state index contributed by atoms with van der Waals surface area (Å²) in [6.45, 7) is 4.65. The van der Waals surface area contributed by atoms with Crippen LogP contribution in [0.4, 0.5) is 0 Å². The molecule has 2 rings (SSSR count). The van der Waals surface area contributed by atoms with Crippen LogP contribution in [0.25, 0.3) is 0 Å². The standard InChI is InChI=1S/C22H30N2O4S/c1-4-16-23(17-5-2)29(26,27)24(22(25)20-12-7-6-8-13-20)18-15-19-11-9-10-14-21(19)28-3/h6-14H,4-5,15-18H2,1-3H3. The van der Waals surface area contributed by atoms with Crippen molar-refractivity contribution < 1.29 is 17.9 Å². The molecule has 0 saturated heterocycles. The van der Waals surface area contributed by atoms with Crippen LogP contribution in [-0.2, 0) is 16.6 Å². The third kappa shape index (κ3) is 5.81. The fourth-order valence-electron chi connectivity index (χ4n) is 3.16. The van der Waals surface area contributed by atoms with Gasteiger partial charge in [-0.3, -0.25) is 4.79 Å². The molecule has 1 amide bonds. The first-order chi connectivity index (χ1) is 14.0. The summed E-state index contributed by atoms with van der Waals surface area (Å²) in [4.78, 5) is 13.2. The highest BCUT2D eigenvalue weighted by molar-refractivity contribution is 7.87. The molecule has 0 heterocycles. The van der Waals surface area contributed by atoms with E-state index in [1.807, 2.05) is 38.1 Å². The van der Waals surface area contributed by atoms with Crippen LogP contribution in [0.2, 0.25) is 0 Å². The maximum absolute atomic E-state index is 13.4. The molecule has 0 bridgehead atoms. The number of benzene rings is 2. The third-order valence-corrected chi connectivity index (χ3v) is 6.50. The van der Waals surface area contributed by atoms with E-state index >= 15 is 0 Å². The number of carbonyl (C=O) groups is 1. The number of ether oxygens (including phenoxy) is 1. The van der Waals surface area contributed by atoms with Gasteiger partial charge in [0.2, 0.25) is 0 Å². The highest BCUT2D eigenvalue weighted by Gasteiger charge is 2.33. The number of rotatable bonds is 11. The lowest BCUT2D eigenvalue weighted by Gasteiger charge is -2.30. The first-order valence-corrected chi connectivity index (χ1v) is 11.3. The Morgan fingerprint density at radius 1 is 0.897 bits per heavy atom. The summed E-state index contributed by atoms with van der Waals surface area (Å²) in [6.07, 6.45) is 1.73. The number of hydrogen-bond acceptors (Lipinski definition) is 4. The van der Waals surface area contributed by atoms with Gasteiger partial charge >= 0.3 is 10.2 Å². The fraction of sp³-hybridized carbons (Fsp3) is 0.409. The van der Waals surface area contributed by atoms with Crippen molar-refractivity contribution in [2.45, 2.75) is 33.1 Å². The average molecular weight is 419 g/mol. The number of nitrogens with zero attached hydrogens (tertiary/aromatic N) is 2. The molecule has 2 aromatic rings. The van der Waals surface area contributed by atoms with Crippen LogP contribution < -0.4 is 4.74 Å². The van der Waals surface area contributed by atoms with E-state index in [1.54, 1.807) is 37.4 Å². The molecule has 0 aliphatic carbocycles. The molecule has 158 valence electrons. The van der Waals surface area contributed by atoms with Crippen molar-refractivity contribution in [3.8, 4) is 5.75 Å². The van der Waals surface area contributed by atoms with Gasteiger partial charge in [0.05, 0.1) is 7.11 Å². The lowest BCUT2D eigenvalue weighted by molar-refractivity contribution is 0.0854. The van der Waals surface area contributed by atoms with Gasteiger partial charge < -0.3 is 4.74 Å². The van der Waals surface area contributed by atoms with Gasteiger partial charge in [-0.05, 0) is 43.0 Å². The van der Waals surface area contributed by atoms with Gasteiger partial charge in [-0.2, -0.15) is 12.7 Å². The van der Waals surface area contributed by atoms with Crippen LogP contribution in [0.15, 0.2) is 54.6 Å². The largest absolute Gasteiger partial charge is 0.496 e. The van der Waals surface area contributed by atoms with Crippen molar-refractivity contribution in [3.05, 3.63) is 65.7 Å². The monoisotopic (exact) mass is 418 g/mol. The van der Waals surface area contributed by atoms with E-state index in [1.165, 1.54) is 4.31 Å². The number of methoxy groups -OCH3 is 1. The van der Waals surface area contributed by atoms with Crippen LogP contribution >= 0.6 is 0 Å². The number of para-hydroxylation sites is 1. The molecule has 0 saturated carbocycles. The summed E-state index contributed by atoms with van der Waals surface area (Å²) in [5.41, 5.74) is 1.21. The predicted molar refractivity (Wildman–Crippen MR) is 115 cm³/mol. The topological polar surface area (TPSA) is 66.9 Å². The second-order valence-electron chi connectivity index (χ2n) is 6.71. The summed E-state index contributed by atoms with van der Waals surface area (Å²) in [5, 5.41) is 0. The van der Waals surface area contributed by atoms with Crippen LogP contribution in [0.3, 0.4) is 0 Å². The molecule has 7 heteroatoms. The SMILES string of the molecule is CCCN(CCC)S(=O)(=O)N(CCc1ccccc1OC)C(=O)c1ccccc1. The van der Waals surface area contributed by atoms with Crippen molar-refractivity contribution in [2.24, 2.45) is 0 Å². The predicted octanol–water partition coefficient (Wildman–Crippen LogP) is 3.75. The molecule has 0 aliphatic rings. The Morgan fingerprint density at radius 3 is 2.07 bits per heavy atom. The molecule has 0 N–H and O–H groups in total. The fourth-order valence-corrected chi connectivity index (χ4v) is 4.90. The molecule has 0 unspecified atom stereocenters. The van der Waals surface area contributed by atoms with E-state index < -0.39 is 16.1 Å². The van der Waals surface area contributed by atoms with Gasteiger partial charge in [0.15, 0.2) is 0 Å². The molecular formula is C22H30N2O4S. The summed E-state index contributed by atoms with van der Waals surface area (Å²) in [5.74, 6) is 0.161. The molecular weight excluding hydrogens is 388 g/mol. The van der Waals surface area contributed by atoms with E-state index in [0.29, 0.717) is 43.7 Å². The highest BCUT2D eigenvalue weighted by atomic mass is 32.2. The first kappa shape index (κ1) is 22.9. The maximum Gasteiger partial charge on any atom is 0.306 e. The molecule has 0 atom stereocenters. The first-order valence-electron chi connectivity index (χ1n) is 9.94. The minimum Gasteiger partial charge on any atom is -0.496 e.